The SMILES string of the molecule is COP(=S)([N-]C#N)OC.[Na+]. The van der Waals surface area contributed by atoms with Gasteiger partial charge in [-0.15, -0.1) is 0 Å². The van der Waals surface area contributed by atoms with Crippen LogP contribution in [0.3, 0.4) is 0 Å². The Labute approximate surface area is 87.4 Å². The van der Waals surface area contributed by atoms with E-state index in [0.717, 1.165) is 0 Å². The van der Waals surface area contributed by atoms with Crippen molar-refractivity contribution in [3.63, 3.8) is 0 Å². The van der Waals surface area contributed by atoms with E-state index in [0.29, 0.717) is 0 Å². The minimum absolute atomic E-state index is 0. The molecule has 7 heteroatoms. The summed E-state index contributed by atoms with van der Waals surface area (Å²) in [7, 11) is 2.73. The summed E-state index contributed by atoms with van der Waals surface area (Å²) < 4.78 is 9.28. The molecule has 0 spiro atoms. The van der Waals surface area contributed by atoms with Gasteiger partial charge in [0.1, 0.15) is 0 Å². The van der Waals surface area contributed by atoms with Gasteiger partial charge >= 0.3 is 29.6 Å². The molecule has 0 fully saturated rings. The number of rotatable bonds is 3. The normalized spacial score (nSPS) is 9.30. The van der Waals surface area contributed by atoms with Gasteiger partial charge < -0.3 is 19.4 Å². The third kappa shape index (κ3) is 4.64. The summed E-state index contributed by atoms with van der Waals surface area (Å²) in [5, 5.41) is 11.3. The van der Waals surface area contributed by atoms with Gasteiger partial charge in [-0.25, -0.2) is 0 Å². The van der Waals surface area contributed by atoms with Crippen molar-refractivity contribution < 1.29 is 38.6 Å². The van der Waals surface area contributed by atoms with Crippen molar-refractivity contribution in [3.8, 4) is 6.19 Å². The summed E-state index contributed by atoms with van der Waals surface area (Å²) >= 11 is 4.68. The minimum atomic E-state index is -2.58. The second kappa shape index (κ2) is 6.56. The maximum Gasteiger partial charge on any atom is 1.00 e. The van der Waals surface area contributed by atoms with E-state index < -0.39 is 6.64 Å². The van der Waals surface area contributed by atoms with Crippen LogP contribution in [0.1, 0.15) is 0 Å². The van der Waals surface area contributed by atoms with Crippen molar-refractivity contribution >= 4 is 18.4 Å². The Morgan fingerprint density at radius 1 is 1.50 bits per heavy atom. The van der Waals surface area contributed by atoms with Crippen molar-refractivity contribution in [1.82, 2.24) is 0 Å². The zero-order valence-electron chi connectivity index (χ0n) is 6.07. The van der Waals surface area contributed by atoms with Gasteiger partial charge in [0.15, 0.2) is 0 Å². The molecule has 52 valence electrons. The number of nitrogens with zero attached hydrogens (tertiary/aromatic N) is 2. The van der Waals surface area contributed by atoms with E-state index in [4.69, 9.17) is 5.26 Å². The van der Waals surface area contributed by atoms with E-state index in [1.165, 1.54) is 20.4 Å². The Morgan fingerprint density at radius 2 is 1.90 bits per heavy atom. The molecule has 0 bridgehead atoms. The smallest absolute Gasteiger partial charge is 0.493 e. The van der Waals surface area contributed by atoms with Crippen LogP contribution in [-0.2, 0) is 20.9 Å². The average Bonchev–Trinajstić information content (AvgIpc) is 1.89. The van der Waals surface area contributed by atoms with Crippen molar-refractivity contribution in [2.24, 2.45) is 0 Å². The van der Waals surface area contributed by atoms with Crippen LogP contribution >= 0.6 is 6.64 Å². The molecule has 0 unspecified atom stereocenters. The summed E-state index contributed by atoms with van der Waals surface area (Å²) in [6, 6.07) is 0. The number of hydrogen-bond acceptors (Lipinski definition) is 4. The molecule has 10 heavy (non-hydrogen) atoms. The van der Waals surface area contributed by atoms with Crippen LogP contribution in [0.15, 0.2) is 0 Å². The molecule has 0 aliphatic rings. The molecule has 4 nitrogen and oxygen atoms in total. The predicted octanol–water partition coefficient (Wildman–Crippen LogP) is -1.64. The maximum absolute atomic E-state index is 8.05. The van der Waals surface area contributed by atoms with Gasteiger partial charge in [0.25, 0.3) is 0 Å². The summed E-state index contributed by atoms with van der Waals surface area (Å²) in [6.45, 7) is -2.58. The first-order valence-corrected chi connectivity index (χ1v) is 4.60. The van der Waals surface area contributed by atoms with Crippen LogP contribution in [0, 0.1) is 11.5 Å². The Bertz CT molecular complexity index is 162. The van der Waals surface area contributed by atoms with E-state index >= 15 is 0 Å². The first-order chi connectivity index (χ1) is 4.18. The Kier molecular flexibility index (Phi) is 8.83. The zero-order chi connectivity index (χ0) is 7.33. The minimum Gasteiger partial charge on any atom is -0.493 e. The summed E-state index contributed by atoms with van der Waals surface area (Å²) in [5.74, 6) is 0. The van der Waals surface area contributed by atoms with Gasteiger partial charge in [-0.3, -0.25) is 0 Å². The topological polar surface area (TPSA) is 56.4 Å². The Hall–Kier alpha value is 0.860. The van der Waals surface area contributed by atoms with Crippen molar-refractivity contribution in [2.75, 3.05) is 14.2 Å². The zero-order valence-corrected chi connectivity index (χ0v) is 9.78. The molecule has 0 aromatic rings. The fraction of sp³-hybridized carbons (Fsp3) is 0.667. The average molecular weight is 188 g/mol. The van der Waals surface area contributed by atoms with E-state index in [1.807, 2.05) is 0 Å². The van der Waals surface area contributed by atoms with Gasteiger partial charge in [-0.1, -0.05) is 6.19 Å². The molecule has 0 saturated carbocycles. The molecule has 0 N–H and O–H groups in total. The first-order valence-electron chi connectivity index (χ1n) is 2.01. The molecule has 0 amide bonds. The van der Waals surface area contributed by atoms with Crippen LogP contribution in [-0.4, -0.2) is 14.2 Å². The summed E-state index contributed by atoms with van der Waals surface area (Å²) in [4.78, 5) is 0. The molecule has 0 aromatic carbocycles. The standard InChI is InChI=1S/C3H6N2O2PS.Na/c1-6-8(9,7-2)5-3-4;/h1-2H3;/q-1;+1. The van der Waals surface area contributed by atoms with Crippen molar-refractivity contribution in [2.45, 2.75) is 0 Å². The fourth-order valence-electron chi connectivity index (χ4n) is 0.211. The first kappa shape index (κ1) is 13.4. The number of hydrogen-bond donors (Lipinski definition) is 0. The fourth-order valence-corrected chi connectivity index (χ4v) is 0.742. The third-order valence-electron chi connectivity index (χ3n) is 0.629. The van der Waals surface area contributed by atoms with E-state index in [-0.39, 0.29) is 29.6 Å². The quantitative estimate of drug-likeness (QED) is 0.303. The van der Waals surface area contributed by atoms with Crippen molar-refractivity contribution in [3.05, 3.63) is 5.09 Å². The van der Waals surface area contributed by atoms with Crippen LogP contribution in [0.2, 0.25) is 0 Å². The molecular weight excluding hydrogens is 182 g/mol. The molecule has 0 aromatic heterocycles. The van der Waals surface area contributed by atoms with Gasteiger partial charge in [-0.2, -0.15) is 0 Å². The van der Waals surface area contributed by atoms with Gasteiger partial charge in [-0.05, 0) is 11.8 Å². The number of nitriles is 1. The molecule has 0 atom stereocenters. The predicted molar refractivity (Wildman–Crippen MR) is 37.3 cm³/mol. The molecule has 0 rings (SSSR count). The van der Waals surface area contributed by atoms with Crippen LogP contribution in [0.4, 0.5) is 0 Å². The van der Waals surface area contributed by atoms with Crippen LogP contribution in [0.5, 0.6) is 0 Å². The van der Waals surface area contributed by atoms with Crippen LogP contribution in [0.25, 0.3) is 5.09 Å². The molecule has 0 saturated heterocycles. The van der Waals surface area contributed by atoms with Gasteiger partial charge in [0, 0.05) is 14.2 Å². The second-order valence-electron chi connectivity index (χ2n) is 1.03. The third-order valence-corrected chi connectivity index (χ3v) is 3.03. The van der Waals surface area contributed by atoms with Crippen molar-refractivity contribution in [1.29, 1.82) is 5.26 Å². The maximum atomic E-state index is 8.05. The monoisotopic (exact) mass is 188 g/mol. The van der Waals surface area contributed by atoms with E-state index in [9.17, 15) is 0 Å². The molecule has 0 heterocycles. The van der Waals surface area contributed by atoms with E-state index in [1.54, 1.807) is 0 Å². The summed E-state index contributed by atoms with van der Waals surface area (Å²) in [5.41, 5.74) is 0. The van der Waals surface area contributed by atoms with E-state index in [2.05, 4.69) is 25.9 Å². The van der Waals surface area contributed by atoms with Crippen LogP contribution < -0.4 is 29.6 Å². The molecular formula is C3H6N2NaO2PS. The summed E-state index contributed by atoms with van der Waals surface area (Å²) in [6.07, 6.45) is 1.53. The van der Waals surface area contributed by atoms with Gasteiger partial charge in [0.05, 0.1) is 0 Å². The van der Waals surface area contributed by atoms with Gasteiger partial charge in [0.2, 0.25) is 6.64 Å². The largest absolute Gasteiger partial charge is 1.00 e. The Morgan fingerprint density at radius 3 is 2.00 bits per heavy atom. The Balaban J connectivity index is 0. The molecule has 0 radical (unpaired) electrons. The molecule has 0 aliphatic heterocycles. The second-order valence-corrected chi connectivity index (χ2v) is 4.29. The molecule has 0 aliphatic carbocycles.